The van der Waals surface area contributed by atoms with Gasteiger partial charge in [-0.25, -0.2) is 0 Å². The molecule has 262 valence electrons. The maximum Gasteiger partial charge on any atom is 0.143 e. The summed E-state index contributed by atoms with van der Waals surface area (Å²) < 4.78 is 44.9. The first-order valence-electron chi connectivity index (χ1n) is 20.8. The normalized spacial score (nSPS) is 12.6. The lowest BCUT2D eigenvalue weighted by Gasteiger charge is -2.26. The third-order valence-electron chi connectivity index (χ3n) is 10.9. The van der Waals surface area contributed by atoms with Crippen LogP contribution in [0.15, 0.2) is 217 Å². The number of fused-ring (bicyclic) bond motifs is 7. The van der Waals surface area contributed by atoms with Crippen LogP contribution >= 0.6 is 0 Å². The van der Waals surface area contributed by atoms with Crippen molar-refractivity contribution in [2.45, 2.75) is 0 Å². The fourth-order valence-corrected chi connectivity index (χ4v) is 8.13. The summed E-state index contributed by atoms with van der Waals surface area (Å²) in [6.45, 7) is 0. The summed E-state index contributed by atoms with van der Waals surface area (Å²) in [5.74, 6) is 0. The van der Waals surface area contributed by atoms with Crippen molar-refractivity contribution >= 4 is 71.3 Å². The van der Waals surface area contributed by atoms with Crippen molar-refractivity contribution in [1.29, 1.82) is 0 Å². The van der Waals surface area contributed by atoms with Crippen molar-refractivity contribution < 1.29 is 9.90 Å². The molecule has 1 aromatic heterocycles. The lowest BCUT2D eigenvalue weighted by Crippen LogP contribution is -2.10. The van der Waals surface area contributed by atoms with Crippen LogP contribution in [-0.2, 0) is 0 Å². The highest BCUT2D eigenvalue weighted by molar-refractivity contribution is 6.19. The largest absolute Gasteiger partial charge is 0.455 e. The van der Waals surface area contributed by atoms with Crippen molar-refractivity contribution in [3.63, 3.8) is 0 Å². The molecule has 1 heterocycles. The van der Waals surface area contributed by atoms with E-state index in [0.717, 1.165) is 60.2 Å². The second-order valence-electron chi connectivity index (χ2n) is 14.2. The van der Waals surface area contributed by atoms with Crippen molar-refractivity contribution in [2.75, 3.05) is 4.90 Å². The summed E-state index contributed by atoms with van der Waals surface area (Å²) in [5, 5.41) is 8.02. The third kappa shape index (κ3) is 5.42. The summed E-state index contributed by atoms with van der Waals surface area (Å²) >= 11 is 0. The zero-order chi connectivity index (χ0) is 40.5. The van der Waals surface area contributed by atoms with Gasteiger partial charge in [0.1, 0.15) is 11.2 Å². The minimum absolute atomic E-state index is 0.106. The van der Waals surface area contributed by atoms with Gasteiger partial charge in [-0.05, 0) is 109 Å². The molecular weight excluding hydrogens is 679 g/mol. The van der Waals surface area contributed by atoms with Crippen LogP contribution in [0, 0.1) is 0 Å². The molecule has 0 aliphatic carbocycles. The molecule has 0 unspecified atom stereocenters. The predicted molar refractivity (Wildman–Crippen MR) is 237 cm³/mol. The Morgan fingerprint density at radius 2 is 0.946 bits per heavy atom. The molecular formula is C54H35NO. The lowest BCUT2D eigenvalue weighted by atomic mass is 9.97. The predicted octanol–water partition coefficient (Wildman–Crippen LogP) is 15.5. The lowest BCUT2D eigenvalue weighted by molar-refractivity contribution is 0.672. The summed E-state index contributed by atoms with van der Waals surface area (Å²) in [7, 11) is 0. The Morgan fingerprint density at radius 3 is 1.71 bits per heavy atom. The van der Waals surface area contributed by atoms with Gasteiger partial charge in [-0.1, -0.05) is 164 Å². The standard InChI is InChI=1S/C54H35NO/c1-2-12-43-35-44(24-23-36(43)9-1)39-21-19-37(20-22-39)38-25-30-45(31-26-38)55(46-32-27-42(28-33-46)48-16-7-13-40-10-3-5-14-47(40)48)51-17-8-18-52-53(51)50-34-29-41-11-4-6-15-49(41)54(50)56-52/h1-35H/i27D,28D,32D,33D. The van der Waals surface area contributed by atoms with Gasteiger partial charge in [0.15, 0.2) is 0 Å². The molecule has 0 bridgehead atoms. The van der Waals surface area contributed by atoms with Gasteiger partial charge in [-0.3, -0.25) is 0 Å². The molecule has 0 amide bonds. The molecule has 0 N–H and O–H groups in total. The second kappa shape index (κ2) is 13.2. The highest BCUT2D eigenvalue weighted by atomic mass is 16.3. The molecule has 0 atom stereocenters. The average molecular weight is 718 g/mol. The van der Waals surface area contributed by atoms with Crippen LogP contribution < -0.4 is 4.90 Å². The van der Waals surface area contributed by atoms with E-state index in [4.69, 9.17) is 4.42 Å². The van der Waals surface area contributed by atoms with E-state index in [0.29, 0.717) is 22.5 Å². The van der Waals surface area contributed by atoms with Gasteiger partial charge in [0.2, 0.25) is 0 Å². The Hall–Kier alpha value is -7.42. The van der Waals surface area contributed by atoms with Gasteiger partial charge in [-0.15, -0.1) is 0 Å². The first-order chi connectivity index (χ1) is 29.4. The summed E-state index contributed by atoms with van der Waals surface area (Å²) in [6, 6.07) is 62.8. The molecule has 2 nitrogen and oxygen atoms in total. The Labute approximate surface area is 330 Å². The molecule has 56 heavy (non-hydrogen) atoms. The van der Waals surface area contributed by atoms with Crippen molar-refractivity contribution in [3.05, 3.63) is 212 Å². The molecule has 0 saturated heterocycles. The molecule has 0 aliphatic rings. The van der Waals surface area contributed by atoms with Crippen molar-refractivity contribution in [2.24, 2.45) is 0 Å². The molecule has 0 radical (unpaired) electrons. The van der Waals surface area contributed by atoms with Gasteiger partial charge in [0, 0.05) is 22.1 Å². The minimum atomic E-state index is -0.137. The molecule has 0 aliphatic heterocycles. The number of anilines is 3. The molecule has 10 aromatic carbocycles. The Kier molecular flexibility index (Phi) is 6.60. The molecule has 2 heteroatoms. The van der Waals surface area contributed by atoms with Crippen molar-refractivity contribution in [1.82, 2.24) is 0 Å². The number of hydrogen-bond acceptors (Lipinski definition) is 2. The zero-order valence-electron chi connectivity index (χ0n) is 34.3. The molecule has 0 saturated carbocycles. The monoisotopic (exact) mass is 717 g/mol. The van der Waals surface area contributed by atoms with Gasteiger partial charge in [0.05, 0.1) is 16.6 Å². The van der Waals surface area contributed by atoms with Gasteiger partial charge >= 0.3 is 0 Å². The number of hydrogen-bond donors (Lipinski definition) is 0. The first-order valence-corrected chi connectivity index (χ1v) is 18.8. The fraction of sp³-hybridized carbons (Fsp3) is 0. The smallest absolute Gasteiger partial charge is 0.143 e. The van der Waals surface area contributed by atoms with Crippen LogP contribution in [0.1, 0.15) is 5.48 Å². The van der Waals surface area contributed by atoms with E-state index >= 15 is 0 Å². The number of furan rings is 1. The highest BCUT2D eigenvalue weighted by Gasteiger charge is 2.21. The maximum atomic E-state index is 9.66. The molecule has 11 aromatic rings. The van der Waals surface area contributed by atoms with E-state index in [1.807, 2.05) is 89.8 Å². The topological polar surface area (TPSA) is 16.4 Å². The second-order valence-corrected chi connectivity index (χ2v) is 14.2. The fourth-order valence-electron chi connectivity index (χ4n) is 8.13. The highest BCUT2D eigenvalue weighted by Crippen LogP contribution is 2.45. The van der Waals surface area contributed by atoms with Crippen LogP contribution in [0.5, 0.6) is 0 Å². The van der Waals surface area contributed by atoms with Crippen LogP contribution in [0.2, 0.25) is 0 Å². The van der Waals surface area contributed by atoms with Crippen LogP contribution in [0.4, 0.5) is 17.1 Å². The van der Waals surface area contributed by atoms with Gasteiger partial charge in [-0.2, -0.15) is 0 Å². The Bertz CT molecular complexity index is 3450. The first kappa shape index (κ1) is 28.1. The van der Waals surface area contributed by atoms with Gasteiger partial charge in [0.25, 0.3) is 0 Å². The number of nitrogens with zero attached hydrogens (tertiary/aromatic N) is 1. The van der Waals surface area contributed by atoms with E-state index in [1.165, 1.54) is 10.8 Å². The molecule has 11 rings (SSSR count). The van der Waals surface area contributed by atoms with E-state index in [9.17, 15) is 5.48 Å². The number of benzene rings is 10. The SMILES string of the molecule is [2H]c1c([2H])c(N(c2ccc(-c3ccc(-c4ccc5ccccc5c4)cc3)cc2)c2cccc3oc4c5ccccc5ccc4c23)c([2H])c([2H])c1-c1cccc2ccccc12. The molecule has 0 spiro atoms. The summed E-state index contributed by atoms with van der Waals surface area (Å²) in [5.41, 5.74) is 8.23. The molecule has 0 fully saturated rings. The minimum Gasteiger partial charge on any atom is -0.455 e. The Balaban J connectivity index is 1.08. The van der Waals surface area contributed by atoms with Crippen LogP contribution in [0.25, 0.3) is 87.6 Å². The van der Waals surface area contributed by atoms with E-state index in [-0.39, 0.29) is 35.4 Å². The quantitative estimate of drug-likeness (QED) is 0.170. The van der Waals surface area contributed by atoms with E-state index in [1.54, 1.807) is 0 Å². The number of rotatable bonds is 6. The van der Waals surface area contributed by atoms with Crippen LogP contribution in [-0.4, -0.2) is 0 Å². The Morgan fingerprint density at radius 1 is 0.375 bits per heavy atom. The van der Waals surface area contributed by atoms with Crippen LogP contribution in [0.3, 0.4) is 0 Å². The maximum absolute atomic E-state index is 9.66. The summed E-state index contributed by atoms with van der Waals surface area (Å²) in [6.07, 6.45) is 0. The van der Waals surface area contributed by atoms with E-state index < -0.39 is 0 Å². The van der Waals surface area contributed by atoms with E-state index in [2.05, 4.69) is 103 Å². The summed E-state index contributed by atoms with van der Waals surface area (Å²) in [4.78, 5) is 1.87. The van der Waals surface area contributed by atoms with Crippen molar-refractivity contribution in [3.8, 4) is 33.4 Å². The third-order valence-corrected chi connectivity index (χ3v) is 10.9. The zero-order valence-corrected chi connectivity index (χ0v) is 30.3. The average Bonchev–Trinajstić information content (AvgIpc) is 3.70. The van der Waals surface area contributed by atoms with Gasteiger partial charge < -0.3 is 9.32 Å².